The molecule has 1 aromatic carbocycles. The topological polar surface area (TPSA) is 46.5 Å². The number of aliphatic carboxylic acids is 1. The Morgan fingerprint density at radius 1 is 1.42 bits per heavy atom. The zero-order valence-corrected chi connectivity index (χ0v) is 11.9. The van der Waals surface area contributed by atoms with Crippen molar-refractivity contribution >= 4 is 17.6 Å². The standard InChI is InChI=1S/C15H17ClO3/c1-14(2)7-9-5-10(16)6-11(13(9)19-14)15(3-4-15)8-12(17)18/h5-6H,3-4,7-8H2,1-2H3,(H,17,18). The lowest BCUT2D eigenvalue weighted by molar-refractivity contribution is -0.137. The number of halogens is 1. The van der Waals surface area contributed by atoms with Crippen molar-refractivity contribution in [3.63, 3.8) is 0 Å². The molecule has 0 radical (unpaired) electrons. The Balaban J connectivity index is 2.07. The van der Waals surface area contributed by atoms with Crippen LogP contribution in [-0.4, -0.2) is 16.7 Å². The fraction of sp³-hybridized carbons (Fsp3) is 0.533. The lowest BCUT2D eigenvalue weighted by Gasteiger charge is -2.21. The number of hydrogen-bond donors (Lipinski definition) is 1. The maximum absolute atomic E-state index is 11.1. The molecule has 1 heterocycles. The van der Waals surface area contributed by atoms with E-state index in [2.05, 4.69) is 0 Å². The van der Waals surface area contributed by atoms with Crippen LogP contribution < -0.4 is 4.74 Å². The van der Waals surface area contributed by atoms with Gasteiger partial charge in [0.25, 0.3) is 0 Å². The molecule has 0 unspecified atom stereocenters. The molecule has 0 bridgehead atoms. The van der Waals surface area contributed by atoms with E-state index in [0.717, 1.165) is 36.1 Å². The summed E-state index contributed by atoms with van der Waals surface area (Å²) in [4.78, 5) is 11.1. The Hall–Kier alpha value is -1.22. The summed E-state index contributed by atoms with van der Waals surface area (Å²) in [6, 6.07) is 3.82. The first-order valence-electron chi connectivity index (χ1n) is 6.55. The first-order valence-corrected chi connectivity index (χ1v) is 6.93. The van der Waals surface area contributed by atoms with Gasteiger partial charge in [-0.25, -0.2) is 0 Å². The zero-order chi connectivity index (χ0) is 13.8. The maximum Gasteiger partial charge on any atom is 0.304 e. The number of benzene rings is 1. The van der Waals surface area contributed by atoms with Crippen LogP contribution in [0.15, 0.2) is 12.1 Å². The van der Waals surface area contributed by atoms with Crippen LogP contribution in [0.3, 0.4) is 0 Å². The van der Waals surface area contributed by atoms with Gasteiger partial charge in [-0.15, -0.1) is 0 Å². The third kappa shape index (κ3) is 2.20. The number of rotatable bonds is 3. The van der Waals surface area contributed by atoms with Crippen molar-refractivity contribution in [2.45, 2.75) is 50.5 Å². The average molecular weight is 281 g/mol. The minimum absolute atomic E-state index is 0.156. The number of fused-ring (bicyclic) bond motifs is 1. The van der Waals surface area contributed by atoms with Crippen molar-refractivity contribution in [3.05, 3.63) is 28.3 Å². The molecule has 1 fully saturated rings. The molecule has 0 amide bonds. The molecule has 3 rings (SSSR count). The lowest BCUT2D eigenvalue weighted by Crippen LogP contribution is -2.25. The highest BCUT2D eigenvalue weighted by atomic mass is 35.5. The minimum atomic E-state index is -0.761. The van der Waals surface area contributed by atoms with Crippen LogP contribution in [-0.2, 0) is 16.6 Å². The largest absolute Gasteiger partial charge is 0.487 e. The number of carbonyl (C=O) groups is 1. The van der Waals surface area contributed by atoms with Crippen LogP contribution in [0.1, 0.15) is 44.2 Å². The number of carboxylic acids is 1. The second-order valence-corrected chi connectivity index (χ2v) is 6.77. The molecule has 1 saturated carbocycles. The fourth-order valence-electron chi connectivity index (χ4n) is 3.05. The van der Waals surface area contributed by atoms with Gasteiger partial charge >= 0.3 is 5.97 Å². The quantitative estimate of drug-likeness (QED) is 0.921. The molecule has 0 spiro atoms. The Morgan fingerprint density at radius 2 is 2.11 bits per heavy atom. The molecule has 3 nitrogen and oxygen atoms in total. The van der Waals surface area contributed by atoms with Gasteiger partial charge in [-0.05, 0) is 44.4 Å². The van der Waals surface area contributed by atoms with E-state index in [1.165, 1.54) is 0 Å². The van der Waals surface area contributed by atoms with Crippen LogP contribution in [0.4, 0.5) is 0 Å². The summed E-state index contributed by atoms with van der Waals surface area (Å²) in [7, 11) is 0. The average Bonchev–Trinajstić information content (AvgIpc) is 2.93. The van der Waals surface area contributed by atoms with Gasteiger partial charge < -0.3 is 9.84 Å². The second-order valence-electron chi connectivity index (χ2n) is 6.33. The third-order valence-corrected chi connectivity index (χ3v) is 4.26. The fourth-order valence-corrected chi connectivity index (χ4v) is 3.29. The Labute approximate surface area is 117 Å². The van der Waals surface area contributed by atoms with E-state index in [1.807, 2.05) is 26.0 Å². The minimum Gasteiger partial charge on any atom is -0.487 e. The van der Waals surface area contributed by atoms with Crippen molar-refractivity contribution in [1.82, 2.24) is 0 Å². The predicted molar refractivity (Wildman–Crippen MR) is 73.0 cm³/mol. The van der Waals surface area contributed by atoms with E-state index in [4.69, 9.17) is 21.4 Å². The summed E-state index contributed by atoms with van der Waals surface area (Å²) in [5.41, 5.74) is 1.59. The van der Waals surface area contributed by atoms with E-state index in [9.17, 15) is 4.79 Å². The van der Waals surface area contributed by atoms with Gasteiger partial charge in [0.1, 0.15) is 11.4 Å². The molecule has 0 saturated heterocycles. The van der Waals surface area contributed by atoms with Crippen LogP contribution in [0.25, 0.3) is 0 Å². The number of carboxylic acid groups (broad SMARTS) is 1. The van der Waals surface area contributed by atoms with Crippen molar-refractivity contribution in [2.24, 2.45) is 0 Å². The van der Waals surface area contributed by atoms with E-state index in [-0.39, 0.29) is 17.4 Å². The van der Waals surface area contributed by atoms with Crippen LogP contribution in [0.2, 0.25) is 5.02 Å². The smallest absolute Gasteiger partial charge is 0.304 e. The molecule has 19 heavy (non-hydrogen) atoms. The molecule has 1 aliphatic carbocycles. The molecule has 0 atom stereocenters. The molecule has 2 aliphatic rings. The van der Waals surface area contributed by atoms with Crippen molar-refractivity contribution in [1.29, 1.82) is 0 Å². The zero-order valence-electron chi connectivity index (χ0n) is 11.1. The van der Waals surface area contributed by atoms with E-state index in [0.29, 0.717) is 5.02 Å². The normalized spacial score (nSPS) is 21.6. The number of ether oxygens (including phenoxy) is 1. The Kier molecular flexibility index (Phi) is 2.62. The summed E-state index contributed by atoms with van der Waals surface area (Å²) in [5.74, 6) is 0.108. The Morgan fingerprint density at radius 3 is 2.68 bits per heavy atom. The summed E-state index contributed by atoms with van der Waals surface area (Å²) in [6.07, 6.45) is 2.77. The first kappa shape index (κ1) is 12.8. The summed E-state index contributed by atoms with van der Waals surface area (Å²) in [5, 5.41) is 9.77. The highest BCUT2D eigenvalue weighted by molar-refractivity contribution is 6.30. The highest BCUT2D eigenvalue weighted by Crippen LogP contribution is 2.56. The predicted octanol–water partition coefficient (Wildman–Crippen LogP) is 3.56. The van der Waals surface area contributed by atoms with Gasteiger partial charge in [-0.3, -0.25) is 4.79 Å². The van der Waals surface area contributed by atoms with E-state index >= 15 is 0 Å². The third-order valence-electron chi connectivity index (χ3n) is 4.04. The molecular weight excluding hydrogens is 264 g/mol. The second kappa shape index (κ2) is 3.89. The van der Waals surface area contributed by atoms with Crippen molar-refractivity contribution < 1.29 is 14.6 Å². The molecule has 102 valence electrons. The number of hydrogen-bond acceptors (Lipinski definition) is 2. The summed E-state index contributed by atoms with van der Waals surface area (Å²) >= 11 is 6.19. The molecule has 4 heteroatoms. The van der Waals surface area contributed by atoms with Crippen LogP contribution in [0.5, 0.6) is 5.75 Å². The monoisotopic (exact) mass is 280 g/mol. The van der Waals surface area contributed by atoms with Gasteiger partial charge in [0.05, 0.1) is 6.42 Å². The van der Waals surface area contributed by atoms with E-state index < -0.39 is 5.97 Å². The molecule has 0 aromatic heterocycles. The van der Waals surface area contributed by atoms with Gasteiger partial charge in [-0.1, -0.05) is 11.6 Å². The van der Waals surface area contributed by atoms with E-state index in [1.54, 1.807) is 0 Å². The van der Waals surface area contributed by atoms with Gasteiger partial charge in [0, 0.05) is 22.4 Å². The summed E-state index contributed by atoms with van der Waals surface area (Å²) in [6.45, 7) is 4.09. The molecule has 1 N–H and O–H groups in total. The molecule has 1 aliphatic heterocycles. The summed E-state index contributed by atoms with van der Waals surface area (Å²) < 4.78 is 6.04. The van der Waals surface area contributed by atoms with Gasteiger partial charge in [0.2, 0.25) is 0 Å². The van der Waals surface area contributed by atoms with Crippen LogP contribution >= 0.6 is 11.6 Å². The molecular formula is C15H17ClO3. The molecule has 1 aromatic rings. The first-order chi connectivity index (χ1) is 8.81. The maximum atomic E-state index is 11.1. The van der Waals surface area contributed by atoms with Crippen LogP contribution in [0, 0.1) is 0 Å². The lowest BCUT2D eigenvalue weighted by atomic mass is 9.89. The highest BCUT2D eigenvalue weighted by Gasteiger charge is 2.49. The van der Waals surface area contributed by atoms with Crippen molar-refractivity contribution in [2.75, 3.05) is 0 Å². The van der Waals surface area contributed by atoms with Gasteiger partial charge in [0.15, 0.2) is 0 Å². The van der Waals surface area contributed by atoms with Crippen molar-refractivity contribution in [3.8, 4) is 5.75 Å². The Bertz CT molecular complexity index is 559. The van der Waals surface area contributed by atoms with Gasteiger partial charge in [-0.2, -0.15) is 0 Å². The SMILES string of the molecule is CC1(C)Cc2cc(Cl)cc(C3(CC(=O)O)CC3)c2O1.